The number of imidazole rings is 1. The van der Waals surface area contributed by atoms with Crippen molar-refractivity contribution in [3.8, 4) is 0 Å². The minimum Gasteiger partial charge on any atom is -0.375 e. The Hall–Kier alpha value is -1.44. The topological polar surface area (TPSA) is 73.5 Å². The van der Waals surface area contributed by atoms with Gasteiger partial charge in [0.15, 0.2) is 0 Å². The number of hydrogen-bond donors (Lipinski definition) is 2. The van der Waals surface area contributed by atoms with Crippen LogP contribution < -0.4 is 5.32 Å². The van der Waals surface area contributed by atoms with Gasteiger partial charge in [-0.05, 0) is 32.2 Å². The number of nitrogens with one attached hydrogen (secondary N) is 2. The molecule has 1 unspecified atom stereocenters. The fourth-order valence-electron chi connectivity index (χ4n) is 4.95. The highest BCUT2D eigenvalue weighted by Gasteiger charge is 2.49. The Morgan fingerprint density at radius 3 is 2.96 bits per heavy atom. The van der Waals surface area contributed by atoms with E-state index in [0.29, 0.717) is 6.04 Å². The summed E-state index contributed by atoms with van der Waals surface area (Å²) >= 11 is 0. The zero-order valence-electron chi connectivity index (χ0n) is 15.1. The number of aromatic nitrogens is 2. The van der Waals surface area contributed by atoms with Crippen LogP contribution in [0.2, 0.25) is 0 Å². The Morgan fingerprint density at radius 1 is 1.40 bits per heavy atom. The van der Waals surface area contributed by atoms with E-state index in [-0.39, 0.29) is 18.1 Å². The number of amides is 1. The van der Waals surface area contributed by atoms with Crippen LogP contribution in [0.3, 0.4) is 0 Å². The monoisotopic (exact) mass is 347 g/mol. The molecule has 0 aromatic carbocycles. The van der Waals surface area contributed by atoms with Gasteiger partial charge < -0.3 is 19.9 Å². The second-order valence-corrected chi connectivity index (χ2v) is 7.53. The number of piperidine rings is 2. The van der Waals surface area contributed by atoms with Gasteiger partial charge in [0.05, 0.1) is 17.6 Å². The fraction of sp³-hybridized carbons (Fsp3) is 0.778. The maximum atomic E-state index is 12.7. The molecule has 2 fully saturated rings. The summed E-state index contributed by atoms with van der Waals surface area (Å²) in [6.45, 7) is 5.18. The van der Waals surface area contributed by atoms with Gasteiger partial charge in [0.2, 0.25) is 5.91 Å². The van der Waals surface area contributed by atoms with Crippen LogP contribution in [0.15, 0.2) is 6.33 Å². The number of fused-ring (bicyclic) bond motifs is 2. The molecular formula is C18H29N5O2. The number of hydrogen-bond acceptors (Lipinski definition) is 5. The van der Waals surface area contributed by atoms with Crippen LogP contribution in [0.4, 0.5) is 0 Å². The first-order valence-corrected chi connectivity index (χ1v) is 9.51. The van der Waals surface area contributed by atoms with E-state index >= 15 is 0 Å². The van der Waals surface area contributed by atoms with Crippen molar-refractivity contribution >= 4 is 5.91 Å². The third-order valence-electron chi connectivity index (χ3n) is 6.24. The first kappa shape index (κ1) is 17.0. The highest BCUT2D eigenvalue weighted by atomic mass is 16.5. The van der Waals surface area contributed by atoms with Crippen LogP contribution >= 0.6 is 0 Å². The van der Waals surface area contributed by atoms with Crippen LogP contribution in [0.1, 0.15) is 37.1 Å². The first-order valence-electron chi connectivity index (χ1n) is 9.51. The largest absolute Gasteiger partial charge is 0.375 e. The molecule has 1 spiro atoms. The van der Waals surface area contributed by atoms with Gasteiger partial charge in [-0.15, -0.1) is 0 Å². The Kier molecular flexibility index (Phi) is 4.80. The molecule has 7 heteroatoms. The molecule has 1 aromatic rings. The first-order chi connectivity index (χ1) is 12.2. The lowest BCUT2D eigenvalue weighted by Gasteiger charge is -2.51. The van der Waals surface area contributed by atoms with Crippen LogP contribution in [-0.2, 0) is 21.5 Å². The number of likely N-dealkylation sites (tertiary alicyclic amines) is 1. The standard InChI is InChI=1S/C18H29N5O2/c1-25-12-16(24)23-8-4-15-17(21-13-20-15)18(23)5-9-22(10-6-18)14-3-2-7-19-11-14/h13-14,19H,2-12H2,1H3,(H,20,21). The van der Waals surface area contributed by atoms with E-state index in [2.05, 4.69) is 25.1 Å². The summed E-state index contributed by atoms with van der Waals surface area (Å²) in [4.78, 5) is 25.3. The predicted octanol–water partition coefficient (Wildman–Crippen LogP) is 0.484. The average Bonchev–Trinajstić information content (AvgIpc) is 3.14. The lowest BCUT2D eigenvalue weighted by molar-refractivity contribution is -0.146. The van der Waals surface area contributed by atoms with E-state index in [1.807, 2.05) is 0 Å². The molecule has 0 bridgehead atoms. The molecule has 138 valence electrons. The second-order valence-electron chi connectivity index (χ2n) is 7.53. The van der Waals surface area contributed by atoms with Crippen molar-refractivity contribution in [1.82, 2.24) is 25.1 Å². The fourth-order valence-corrected chi connectivity index (χ4v) is 4.95. The summed E-state index contributed by atoms with van der Waals surface area (Å²) in [5.74, 6) is 0.0870. The Labute approximate surface area is 149 Å². The Bertz CT molecular complexity index is 602. The zero-order valence-corrected chi connectivity index (χ0v) is 15.1. The highest BCUT2D eigenvalue weighted by Crippen LogP contribution is 2.42. The van der Waals surface area contributed by atoms with Crippen LogP contribution in [0.25, 0.3) is 0 Å². The molecular weight excluding hydrogens is 318 g/mol. The van der Waals surface area contributed by atoms with Gasteiger partial charge in [0, 0.05) is 51.4 Å². The van der Waals surface area contributed by atoms with E-state index < -0.39 is 0 Å². The van der Waals surface area contributed by atoms with Gasteiger partial charge in [0.25, 0.3) is 0 Å². The normalized spacial score (nSPS) is 26.6. The maximum absolute atomic E-state index is 12.7. The number of methoxy groups -OCH3 is 1. The second kappa shape index (κ2) is 7.05. The minimum absolute atomic E-state index is 0.0870. The van der Waals surface area contributed by atoms with E-state index in [0.717, 1.165) is 57.7 Å². The van der Waals surface area contributed by atoms with Crippen molar-refractivity contribution in [3.63, 3.8) is 0 Å². The van der Waals surface area contributed by atoms with E-state index in [1.165, 1.54) is 18.5 Å². The summed E-state index contributed by atoms with van der Waals surface area (Å²) in [7, 11) is 1.59. The lowest BCUT2D eigenvalue weighted by atomic mass is 9.78. The molecule has 4 rings (SSSR count). The molecule has 0 saturated carbocycles. The van der Waals surface area contributed by atoms with Gasteiger partial charge in [0.1, 0.15) is 6.61 Å². The van der Waals surface area contributed by atoms with Gasteiger partial charge in [-0.2, -0.15) is 0 Å². The number of rotatable bonds is 3. The summed E-state index contributed by atoms with van der Waals surface area (Å²) in [6.07, 6.45) is 7.08. The van der Waals surface area contributed by atoms with Crippen molar-refractivity contribution in [2.24, 2.45) is 0 Å². The predicted molar refractivity (Wildman–Crippen MR) is 94.3 cm³/mol. The van der Waals surface area contributed by atoms with Crippen molar-refractivity contribution in [3.05, 3.63) is 17.7 Å². The number of aromatic amines is 1. The van der Waals surface area contributed by atoms with Gasteiger partial charge in [-0.3, -0.25) is 9.69 Å². The molecule has 4 heterocycles. The van der Waals surface area contributed by atoms with Crippen LogP contribution in [0, 0.1) is 0 Å². The molecule has 1 atom stereocenters. The quantitative estimate of drug-likeness (QED) is 0.832. The van der Waals surface area contributed by atoms with E-state index in [1.54, 1.807) is 13.4 Å². The van der Waals surface area contributed by atoms with Gasteiger partial charge >= 0.3 is 0 Å². The molecule has 25 heavy (non-hydrogen) atoms. The molecule has 1 aromatic heterocycles. The smallest absolute Gasteiger partial charge is 0.249 e. The van der Waals surface area contributed by atoms with Crippen LogP contribution in [0.5, 0.6) is 0 Å². The Balaban J connectivity index is 1.56. The third-order valence-corrected chi connectivity index (χ3v) is 6.24. The summed E-state index contributed by atoms with van der Waals surface area (Å²) < 4.78 is 5.14. The summed E-state index contributed by atoms with van der Waals surface area (Å²) in [5.41, 5.74) is 2.03. The molecule has 3 aliphatic heterocycles. The minimum atomic E-state index is -0.262. The van der Waals surface area contributed by atoms with Gasteiger partial charge in [-0.25, -0.2) is 4.98 Å². The van der Waals surface area contributed by atoms with Crippen LogP contribution in [-0.4, -0.2) is 78.2 Å². The SMILES string of the molecule is COCC(=O)N1CCc2[nH]cnc2C12CCN(C1CCCNC1)CC2. The van der Waals surface area contributed by atoms with E-state index in [4.69, 9.17) is 4.74 Å². The number of ether oxygens (including phenoxy) is 1. The Morgan fingerprint density at radius 2 is 2.24 bits per heavy atom. The zero-order chi connectivity index (χ0) is 17.3. The molecule has 2 saturated heterocycles. The molecule has 7 nitrogen and oxygen atoms in total. The van der Waals surface area contributed by atoms with Crippen molar-refractivity contribution in [2.75, 3.05) is 46.4 Å². The molecule has 0 aliphatic carbocycles. The molecule has 3 aliphatic rings. The molecule has 2 N–H and O–H groups in total. The molecule has 1 amide bonds. The number of nitrogens with zero attached hydrogens (tertiary/aromatic N) is 3. The highest BCUT2D eigenvalue weighted by molar-refractivity contribution is 5.79. The van der Waals surface area contributed by atoms with Crippen molar-refractivity contribution < 1.29 is 9.53 Å². The van der Waals surface area contributed by atoms with E-state index in [9.17, 15) is 4.79 Å². The number of H-pyrrole nitrogens is 1. The maximum Gasteiger partial charge on any atom is 0.249 e. The summed E-state index contributed by atoms with van der Waals surface area (Å²) in [5, 5.41) is 3.52. The van der Waals surface area contributed by atoms with Gasteiger partial charge in [-0.1, -0.05) is 0 Å². The number of carbonyl (C=O) groups is 1. The lowest BCUT2D eigenvalue weighted by Crippen LogP contribution is -2.60. The summed E-state index contributed by atoms with van der Waals surface area (Å²) in [6, 6.07) is 0.636. The van der Waals surface area contributed by atoms with Crippen molar-refractivity contribution in [1.29, 1.82) is 0 Å². The third kappa shape index (κ3) is 2.98. The van der Waals surface area contributed by atoms with Crippen molar-refractivity contribution in [2.45, 2.75) is 43.7 Å². The molecule has 0 radical (unpaired) electrons. The average molecular weight is 347 g/mol. The number of carbonyl (C=O) groups excluding carboxylic acids is 1.